The first-order chi connectivity index (χ1) is 8.16. The standard InChI is InChI=1S/C11H14FN5/c1-7-3-4-9(5-10(7)12)6-13-8(2)11-14-16-17-15-11/h3-5,8,13H,6H2,1-2H3,(H,14,15,16,17). The van der Waals surface area contributed by atoms with Crippen molar-refractivity contribution in [3.63, 3.8) is 0 Å². The summed E-state index contributed by atoms with van der Waals surface area (Å²) in [5, 5.41) is 16.8. The molecule has 0 aliphatic carbocycles. The molecule has 90 valence electrons. The third kappa shape index (κ3) is 2.85. The van der Waals surface area contributed by atoms with Crippen LogP contribution in [0.15, 0.2) is 18.2 Å². The molecule has 2 rings (SSSR count). The molecule has 0 amide bonds. The number of hydrogen-bond acceptors (Lipinski definition) is 4. The Kier molecular flexibility index (Phi) is 3.43. The fourth-order valence-electron chi connectivity index (χ4n) is 1.46. The summed E-state index contributed by atoms with van der Waals surface area (Å²) in [5.41, 5.74) is 1.54. The van der Waals surface area contributed by atoms with Crippen LogP contribution in [0.2, 0.25) is 0 Å². The summed E-state index contributed by atoms with van der Waals surface area (Å²) >= 11 is 0. The summed E-state index contributed by atoms with van der Waals surface area (Å²) in [6, 6.07) is 5.17. The number of rotatable bonds is 4. The Bertz CT molecular complexity index is 483. The SMILES string of the molecule is Cc1ccc(CNC(C)c2nn[nH]n2)cc1F. The van der Waals surface area contributed by atoms with Gasteiger partial charge in [-0.2, -0.15) is 5.21 Å². The van der Waals surface area contributed by atoms with Gasteiger partial charge < -0.3 is 5.32 Å². The molecule has 0 spiro atoms. The van der Waals surface area contributed by atoms with Crippen LogP contribution in [-0.2, 0) is 6.54 Å². The number of aromatic amines is 1. The van der Waals surface area contributed by atoms with Crippen LogP contribution in [0, 0.1) is 12.7 Å². The number of nitrogens with one attached hydrogen (secondary N) is 2. The number of nitrogens with zero attached hydrogens (tertiary/aromatic N) is 3. The van der Waals surface area contributed by atoms with Crippen LogP contribution >= 0.6 is 0 Å². The van der Waals surface area contributed by atoms with Crippen molar-refractivity contribution in [2.75, 3.05) is 0 Å². The maximum atomic E-state index is 13.3. The molecule has 1 aromatic heterocycles. The van der Waals surface area contributed by atoms with E-state index in [4.69, 9.17) is 0 Å². The van der Waals surface area contributed by atoms with Crippen LogP contribution < -0.4 is 5.32 Å². The number of benzene rings is 1. The van der Waals surface area contributed by atoms with Crippen molar-refractivity contribution in [3.05, 3.63) is 41.0 Å². The number of halogens is 1. The van der Waals surface area contributed by atoms with Gasteiger partial charge in [-0.05, 0) is 31.0 Å². The summed E-state index contributed by atoms with van der Waals surface area (Å²) in [6.45, 7) is 4.23. The van der Waals surface area contributed by atoms with E-state index >= 15 is 0 Å². The maximum absolute atomic E-state index is 13.3. The minimum Gasteiger partial charge on any atom is -0.303 e. The van der Waals surface area contributed by atoms with Crippen LogP contribution in [0.5, 0.6) is 0 Å². The molecule has 0 saturated heterocycles. The van der Waals surface area contributed by atoms with Gasteiger partial charge in [-0.25, -0.2) is 4.39 Å². The molecule has 0 saturated carbocycles. The summed E-state index contributed by atoms with van der Waals surface area (Å²) in [4.78, 5) is 0. The molecule has 0 aliphatic heterocycles. The van der Waals surface area contributed by atoms with Crippen molar-refractivity contribution < 1.29 is 4.39 Å². The predicted octanol–water partition coefficient (Wildman–Crippen LogP) is 1.50. The number of hydrogen-bond donors (Lipinski definition) is 2. The lowest BCUT2D eigenvalue weighted by Crippen LogP contribution is -2.19. The first kappa shape index (κ1) is 11.7. The minimum absolute atomic E-state index is 0.0295. The van der Waals surface area contributed by atoms with E-state index in [1.54, 1.807) is 13.0 Å². The van der Waals surface area contributed by atoms with E-state index in [0.29, 0.717) is 17.9 Å². The second-order valence-electron chi connectivity index (χ2n) is 3.96. The highest BCUT2D eigenvalue weighted by atomic mass is 19.1. The second kappa shape index (κ2) is 5.01. The van der Waals surface area contributed by atoms with Gasteiger partial charge in [-0.1, -0.05) is 17.3 Å². The van der Waals surface area contributed by atoms with Crippen molar-refractivity contribution in [1.82, 2.24) is 25.9 Å². The predicted molar refractivity (Wildman–Crippen MR) is 60.6 cm³/mol. The summed E-state index contributed by atoms with van der Waals surface area (Å²) in [5.74, 6) is 0.411. The molecule has 1 unspecified atom stereocenters. The number of H-pyrrole nitrogens is 1. The van der Waals surface area contributed by atoms with Gasteiger partial charge in [0.25, 0.3) is 0 Å². The third-order valence-corrected chi connectivity index (χ3v) is 2.60. The minimum atomic E-state index is -0.184. The highest BCUT2D eigenvalue weighted by Gasteiger charge is 2.09. The summed E-state index contributed by atoms with van der Waals surface area (Å²) in [6.07, 6.45) is 0. The van der Waals surface area contributed by atoms with Gasteiger partial charge in [-0.3, -0.25) is 0 Å². The Morgan fingerprint density at radius 1 is 1.47 bits per heavy atom. The van der Waals surface area contributed by atoms with E-state index < -0.39 is 0 Å². The quantitative estimate of drug-likeness (QED) is 0.842. The Morgan fingerprint density at radius 3 is 2.94 bits per heavy atom. The molecule has 2 N–H and O–H groups in total. The zero-order chi connectivity index (χ0) is 12.3. The fourth-order valence-corrected chi connectivity index (χ4v) is 1.46. The first-order valence-electron chi connectivity index (χ1n) is 5.38. The molecule has 5 nitrogen and oxygen atoms in total. The highest BCUT2D eigenvalue weighted by molar-refractivity contribution is 5.23. The van der Waals surface area contributed by atoms with E-state index in [9.17, 15) is 4.39 Å². The van der Waals surface area contributed by atoms with Crippen molar-refractivity contribution in [2.45, 2.75) is 26.4 Å². The van der Waals surface area contributed by atoms with Crippen molar-refractivity contribution in [3.8, 4) is 0 Å². The largest absolute Gasteiger partial charge is 0.303 e. The Balaban J connectivity index is 1.96. The summed E-state index contributed by atoms with van der Waals surface area (Å²) < 4.78 is 13.3. The number of aromatic nitrogens is 4. The monoisotopic (exact) mass is 235 g/mol. The highest BCUT2D eigenvalue weighted by Crippen LogP contribution is 2.11. The van der Waals surface area contributed by atoms with E-state index in [0.717, 1.165) is 5.56 Å². The molecule has 0 bridgehead atoms. The lowest BCUT2D eigenvalue weighted by molar-refractivity contribution is 0.543. The molecule has 17 heavy (non-hydrogen) atoms. The molecule has 1 aromatic carbocycles. The Hall–Kier alpha value is -1.82. The average Bonchev–Trinajstić information content (AvgIpc) is 2.84. The second-order valence-corrected chi connectivity index (χ2v) is 3.96. The van der Waals surface area contributed by atoms with Gasteiger partial charge in [0, 0.05) is 6.54 Å². The summed E-state index contributed by atoms with van der Waals surface area (Å²) in [7, 11) is 0. The van der Waals surface area contributed by atoms with Crippen molar-refractivity contribution in [2.24, 2.45) is 0 Å². The topological polar surface area (TPSA) is 66.5 Å². The van der Waals surface area contributed by atoms with Crippen LogP contribution in [-0.4, -0.2) is 20.6 Å². The van der Waals surface area contributed by atoms with E-state index in [1.807, 2.05) is 13.0 Å². The van der Waals surface area contributed by atoms with E-state index in [-0.39, 0.29) is 11.9 Å². The molecular formula is C11H14FN5. The maximum Gasteiger partial charge on any atom is 0.191 e. The van der Waals surface area contributed by atoms with E-state index in [2.05, 4.69) is 25.9 Å². The van der Waals surface area contributed by atoms with Crippen LogP contribution in [0.4, 0.5) is 4.39 Å². The number of aryl methyl sites for hydroxylation is 1. The zero-order valence-corrected chi connectivity index (χ0v) is 9.74. The molecule has 1 atom stereocenters. The van der Waals surface area contributed by atoms with Crippen LogP contribution in [0.1, 0.15) is 29.9 Å². The molecule has 0 fully saturated rings. The Morgan fingerprint density at radius 2 is 2.29 bits per heavy atom. The van der Waals surface area contributed by atoms with Gasteiger partial charge in [0.2, 0.25) is 0 Å². The molecule has 1 heterocycles. The molecule has 6 heteroatoms. The van der Waals surface area contributed by atoms with Gasteiger partial charge >= 0.3 is 0 Å². The number of tetrazole rings is 1. The van der Waals surface area contributed by atoms with Crippen molar-refractivity contribution in [1.29, 1.82) is 0 Å². The first-order valence-corrected chi connectivity index (χ1v) is 5.38. The van der Waals surface area contributed by atoms with Gasteiger partial charge in [0.15, 0.2) is 5.82 Å². The Labute approximate surface area is 98.4 Å². The molecule has 0 radical (unpaired) electrons. The fraction of sp³-hybridized carbons (Fsp3) is 0.364. The third-order valence-electron chi connectivity index (χ3n) is 2.60. The normalized spacial score (nSPS) is 12.6. The van der Waals surface area contributed by atoms with Gasteiger partial charge in [0.05, 0.1) is 6.04 Å². The average molecular weight is 235 g/mol. The van der Waals surface area contributed by atoms with Gasteiger partial charge in [-0.15, -0.1) is 10.2 Å². The lowest BCUT2D eigenvalue weighted by atomic mass is 10.1. The smallest absolute Gasteiger partial charge is 0.191 e. The molecule has 0 aliphatic rings. The van der Waals surface area contributed by atoms with Gasteiger partial charge in [0.1, 0.15) is 5.82 Å². The van der Waals surface area contributed by atoms with Crippen molar-refractivity contribution >= 4 is 0 Å². The molecular weight excluding hydrogens is 221 g/mol. The van der Waals surface area contributed by atoms with E-state index in [1.165, 1.54) is 6.07 Å². The van der Waals surface area contributed by atoms with Crippen LogP contribution in [0.3, 0.4) is 0 Å². The van der Waals surface area contributed by atoms with Crippen LogP contribution in [0.25, 0.3) is 0 Å². The zero-order valence-electron chi connectivity index (χ0n) is 9.74. The lowest BCUT2D eigenvalue weighted by Gasteiger charge is -2.10. The molecule has 2 aromatic rings.